The van der Waals surface area contributed by atoms with E-state index in [2.05, 4.69) is 10.2 Å². The van der Waals surface area contributed by atoms with Gasteiger partial charge in [0.15, 0.2) is 0 Å². The van der Waals surface area contributed by atoms with E-state index in [4.69, 9.17) is 10.2 Å². The van der Waals surface area contributed by atoms with Crippen LogP contribution in [0.2, 0.25) is 0 Å². The first-order valence-corrected chi connectivity index (χ1v) is 4.69. The monoisotopic (exact) mass is 257 g/mol. The summed E-state index contributed by atoms with van der Waals surface area (Å²) in [5, 5.41) is 6.85. The van der Waals surface area contributed by atoms with E-state index >= 15 is 0 Å². The van der Waals surface area contributed by atoms with Crippen LogP contribution in [0.15, 0.2) is 28.7 Å². The molecule has 2 aromatic rings. The molecular formula is C10H6F3N3O2. The Bertz CT molecular complexity index is 575. The van der Waals surface area contributed by atoms with Crippen molar-refractivity contribution in [3.8, 4) is 11.5 Å². The van der Waals surface area contributed by atoms with Crippen molar-refractivity contribution in [3.63, 3.8) is 0 Å². The van der Waals surface area contributed by atoms with Crippen LogP contribution in [0.5, 0.6) is 0 Å². The number of carbonyl (C=O) groups is 1. The fourth-order valence-electron chi connectivity index (χ4n) is 1.24. The number of carbonyl (C=O) groups excluding carboxylic acids is 1. The van der Waals surface area contributed by atoms with Crippen LogP contribution in [0, 0.1) is 0 Å². The minimum Gasteiger partial charge on any atom is -0.412 e. The third-order valence-corrected chi connectivity index (χ3v) is 2.09. The summed E-state index contributed by atoms with van der Waals surface area (Å²) in [5.74, 6) is -1.37. The van der Waals surface area contributed by atoms with E-state index < -0.39 is 23.5 Å². The number of halogens is 3. The maximum atomic E-state index is 12.3. The lowest BCUT2D eigenvalue weighted by atomic mass is 10.1. The minimum atomic E-state index is -4.41. The Morgan fingerprint density at radius 1 is 1.17 bits per heavy atom. The molecule has 0 bridgehead atoms. The van der Waals surface area contributed by atoms with Gasteiger partial charge in [-0.05, 0) is 24.3 Å². The number of rotatable bonds is 2. The van der Waals surface area contributed by atoms with Crippen LogP contribution in [0.3, 0.4) is 0 Å². The van der Waals surface area contributed by atoms with Crippen LogP contribution in [-0.4, -0.2) is 16.1 Å². The molecule has 1 amide bonds. The van der Waals surface area contributed by atoms with Gasteiger partial charge < -0.3 is 10.2 Å². The molecule has 1 aromatic carbocycles. The second-order valence-corrected chi connectivity index (χ2v) is 3.35. The number of hydrogen-bond donors (Lipinski definition) is 1. The van der Waals surface area contributed by atoms with Crippen LogP contribution in [0.1, 0.15) is 16.2 Å². The highest BCUT2D eigenvalue weighted by atomic mass is 19.4. The zero-order valence-corrected chi connectivity index (χ0v) is 8.73. The summed E-state index contributed by atoms with van der Waals surface area (Å²) in [4.78, 5) is 10.7. The summed E-state index contributed by atoms with van der Waals surface area (Å²) in [6.07, 6.45) is -4.41. The highest BCUT2D eigenvalue weighted by molar-refractivity contribution is 5.87. The lowest BCUT2D eigenvalue weighted by Gasteiger charge is -2.05. The Morgan fingerprint density at radius 3 is 2.22 bits per heavy atom. The topological polar surface area (TPSA) is 82.0 Å². The van der Waals surface area contributed by atoms with E-state index in [0.717, 1.165) is 12.1 Å². The molecule has 94 valence electrons. The summed E-state index contributed by atoms with van der Waals surface area (Å²) in [6, 6.07) is 4.09. The molecular weight excluding hydrogens is 251 g/mol. The summed E-state index contributed by atoms with van der Waals surface area (Å²) in [7, 11) is 0. The van der Waals surface area contributed by atoms with Gasteiger partial charge in [0.1, 0.15) is 0 Å². The molecule has 1 heterocycles. The SMILES string of the molecule is NC(=O)c1nnc(-c2ccc(C(F)(F)F)cc2)o1. The van der Waals surface area contributed by atoms with Crippen molar-refractivity contribution in [1.29, 1.82) is 0 Å². The molecule has 0 atom stereocenters. The van der Waals surface area contributed by atoms with Gasteiger partial charge in [-0.3, -0.25) is 4.79 Å². The number of primary amides is 1. The van der Waals surface area contributed by atoms with Crippen LogP contribution in [0.25, 0.3) is 11.5 Å². The summed E-state index contributed by atoms with van der Waals surface area (Å²) in [5.41, 5.74) is 4.38. The molecule has 5 nitrogen and oxygen atoms in total. The molecule has 2 rings (SSSR count). The lowest BCUT2D eigenvalue weighted by Crippen LogP contribution is -2.10. The van der Waals surface area contributed by atoms with Crippen LogP contribution >= 0.6 is 0 Å². The first kappa shape index (κ1) is 12.1. The Balaban J connectivity index is 2.31. The number of alkyl halides is 3. The fourth-order valence-corrected chi connectivity index (χ4v) is 1.24. The maximum absolute atomic E-state index is 12.3. The third-order valence-electron chi connectivity index (χ3n) is 2.09. The lowest BCUT2D eigenvalue weighted by molar-refractivity contribution is -0.137. The van der Waals surface area contributed by atoms with Crippen molar-refractivity contribution in [3.05, 3.63) is 35.7 Å². The highest BCUT2D eigenvalue weighted by Gasteiger charge is 2.30. The summed E-state index contributed by atoms with van der Waals surface area (Å²) < 4.78 is 41.8. The van der Waals surface area contributed by atoms with Crippen molar-refractivity contribution >= 4 is 5.91 Å². The van der Waals surface area contributed by atoms with Crippen LogP contribution < -0.4 is 5.73 Å². The van der Waals surface area contributed by atoms with Gasteiger partial charge in [-0.25, -0.2) is 0 Å². The number of aromatic nitrogens is 2. The molecule has 0 radical (unpaired) electrons. The number of nitrogens with two attached hydrogens (primary N) is 1. The molecule has 0 saturated carbocycles. The molecule has 0 spiro atoms. The second-order valence-electron chi connectivity index (χ2n) is 3.35. The van der Waals surface area contributed by atoms with Crippen molar-refractivity contribution in [1.82, 2.24) is 10.2 Å². The molecule has 0 aliphatic heterocycles. The number of benzene rings is 1. The van der Waals surface area contributed by atoms with Gasteiger partial charge >= 0.3 is 18.0 Å². The normalized spacial score (nSPS) is 11.5. The van der Waals surface area contributed by atoms with Crippen molar-refractivity contribution in [2.45, 2.75) is 6.18 Å². The minimum absolute atomic E-state index is 0.0717. The van der Waals surface area contributed by atoms with Crippen molar-refractivity contribution in [2.24, 2.45) is 5.73 Å². The fraction of sp³-hybridized carbons (Fsp3) is 0.100. The zero-order valence-electron chi connectivity index (χ0n) is 8.73. The molecule has 8 heteroatoms. The van der Waals surface area contributed by atoms with E-state index in [1.54, 1.807) is 0 Å². The zero-order chi connectivity index (χ0) is 13.3. The van der Waals surface area contributed by atoms with Gasteiger partial charge in [-0.15, -0.1) is 10.2 Å². The molecule has 0 aliphatic rings. The van der Waals surface area contributed by atoms with Crippen molar-refractivity contribution < 1.29 is 22.4 Å². The second kappa shape index (κ2) is 4.13. The first-order valence-electron chi connectivity index (χ1n) is 4.69. The molecule has 0 fully saturated rings. The molecule has 1 aromatic heterocycles. The third kappa shape index (κ3) is 2.31. The van der Waals surface area contributed by atoms with Gasteiger partial charge in [0.05, 0.1) is 5.56 Å². The van der Waals surface area contributed by atoms with E-state index in [0.29, 0.717) is 0 Å². The van der Waals surface area contributed by atoms with Gasteiger partial charge in [0.25, 0.3) is 0 Å². The largest absolute Gasteiger partial charge is 0.416 e. The Labute approximate surface area is 98.4 Å². The number of nitrogens with zero attached hydrogens (tertiary/aromatic N) is 2. The quantitative estimate of drug-likeness (QED) is 0.890. The van der Waals surface area contributed by atoms with Gasteiger partial charge in [-0.2, -0.15) is 13.2 Å². The van der Waals surface area contributed by atoms with Crippen LogP contribution in [0.4, 0.5) is 13.2 Å². The Kier molecular flexibility index (Phi) is 2.77. The Morgan fingerprint density at radius 2 is 1.78 bits per heavy atom. The molecule has 18 heavy (non-hydrogen) atoms. The van der Waals surface area contributed by atoms with Crippen LogP contribution in [-0.2, 0) is 6.18 Å². The van der Waals surface area contributed by atoms with E-state index in [1.165, 1.54) is 12.1 Å². The highest BCUT2D eigenvalue weighted by Crippen LogP contribution is 2.30. The number of amides is 1. The predicted molar refractivity (Wildman–Crippen MR) is 53.3 cm³/mol. The number of hydrogen-bond acceptors (Lipinski definition) is 4. The molecule has 0 aliphatic carbocycles. The molecule has 2 N–H and O–H groups in total. The van der Waals surface area contributed by atoms with Gasteiger partial charge in [-0.1, -0.05) is 0 Å². The average molecular weight is 257 g/mol. The Hall–Kier alpha value is -2.38. The van der Waals surface area contributed by atoms with Crippen molar-refractivity contribution in [2.75, 3.05) is 0 Å². The standard InChI is InChI=1S/C10H6F3N3O2/c11-10(12,13)6-3-1-5(2-4-6)8-15-16-9(18-8)7(14)17/h1-4H,(H2,14,17). The summed E-state index contributed by atoms with van der Waals surface area (Å²) >= 11 is 0. The van der Waals surface area contributed by atoms with Gasteiger partial charge in [0.2, 0.25) is 5.89 Å². The van der Waals surface area contributed by atoms with E-state index in [-0.39, 0.29) is 11.5 Å². The van der Waals surface area contributed by atoms with E-state index in [9.17, 15) is 18.0 Å². The molecule has 0 saturated heterocycles. The van der Waals surface area contributed by atoms with E-state index in [1.807, 2.05) is 0 Å². The maximum Gasteiger partial charge on any atom is 0.416 e. The molecule has 0 unspecified atom stereocenters. The van der Waals surface area contributed by atoms with Gasteiger partial charge in [0, 0.05) is 5.56 Å². The smallest absolute Gasteiger partial charge is 0.412 e. The average Bonchev–Trinajstić information content (AvgIpc) is 2.77. The summed E-state index contributed by atoms with van der Waals surface area (Å²) in [6.45, 7) is 0. The predicted octanol–water partition coefficient (Wildman–Crippen LogP) is 1.85. The first-order chi connectivity index (χ1) is 8.38.